The van der Waals surface area contributed by atoms with Gasteiger partial charge in [-0.25, -0.2) is 0 Å². The Morgan fingerprint density at radius 3 is 1.12 bits per heavy atom. The van der Waals surface area contributed by atoms with Crippen molar-refractivity contribution in [2.24, 2.45) is 0 Å². The minimum Gasteiger partial charge on any atom is -0.309 e. The Morgan fingerprint density at radius 1 is 0.232 bits per heavy atom. The van der Waals surface area contributed by atoms with Crippen molar-refractivity contribution in [1.29, 1.82) is 0 Å². The lowest BCUT2D eigenvalue weighted by molar-refractivity contribution is 1.17. The number of nitrogens with zero attached hydrogens (tertiary/aromatic N) is 2. The summed E-state index contributed by atoms with van der Waals surface area (Å²) in [7, 11) is 0. The monoisotopic (exact) mass is 710 g/mol. The number of para-hydroxylation sites is 2. The predicted octanol–water partition coefficient (Wildman–Crippen LogP) is 14.5. The SMILES string of the molecule is c1ccc(-c2ccc(-n3c4ccccc4c4c5c6ccccc6n(-c6ccc7c(c6)-c6ccccc6-c6ccccc6-c6ccccc6-7)c5ccc43)cc2)cc1. The Morgan fingerprint density at radius 2 is 0.607 bits per heavy atom. The average Bonchev–Trinajstić information content (AvgIpc) is 3.79. The highest BCUT2D eigenvalue weighted by Crippen LogP contribution is 2.49. The lowest BCUT2D eigenvalue weighted by atomic mass is 9.81. The molecule has 2 aromatic heterocycles. The number of hydrogen-bond donors (Lipinski definition) is 0. The van der Waals surface area contributed by atoms with Crippen LogP contribution in [0.4, 0.5) is 0 Å². The van der Waals surface area contributed by atoms with E-state index in [2.05, 4.69) is 215 Å². The first kappa shape index (κ1) is 31.0. The zero-order chi connectivity index (χ0) is 36.7. The average molecular weight is 711 g/mol. The fraction of sp³-hybridized carbons (Fsp3) is 0. The van der Waals surface area contributed by atoms with Crippen LogP contribution in [0.2, 0.25) is 0 Å². The van der Waals surface area contributed by atoms with E-state index in [1.807, 2.05) is 0 Å². The van der Waals surface area contributed by atoms with E-state index >= 15 is 0 Å². The topological polar surface area (TPSA) is 9.86 Å². The summed E-state index contributed by atoms with van der Waals surface area (Å²) in [6, 6.07) is 75.8. The summed E-state index contributed by atoms with van der Waals surface area (Å²) in [6.45, 7) is 0. The quantitative estimate of drug-likeness (QED) is 0.173. The van der Waals surface area contributed by atoms with Gasteiger partial charge < -0.3 is 9.13 Å². The smallest absolute Gasteiger partial charge is 0.0548 e. The molecule has 2 heteroatoms. The van der Waals surface area contributed by atoms with Gasteiger partial charge in [-0.1, -0.05) is 158 Å². The largest absolute Gasteiger partial charge is 0.309 e. The Kier molecular flexibility index (Phi) is 6.66. The molecule has 12 rings (SSSR count). The normalized spacial score (nSPS) is 11.9. The molecular weight excluding hydrogens is 677 g/mol. The van der Waals surface area contributed by atoms with Crippen molar-refractivity contribution in [2.45, 2.75) is 0 Å². The lowest BCUT2D eigenvalue weighted by Gasteiger charge is -2.23. The minimum absolute atomic E-state index is 1.15. The summed E-state index contributed by atoms with van der Waals surface area (Å²) in [4.78, 5) is 0. The molecule has 0 spiro atoms. The molecule has 9 aromatic carbocycles. The third-order valence-corrected chi connectivity index (χ3v) is 11.9. The van der Waals surface area contributed by atoms with E-state index in [9.17, 15) is 0 Å². The maximum atomic E-state index is 2.48. The molecule has 0 atom stereocenters. The first-order valence-corrected chi connectivity index (χ1v) is 19.4. The van der Waals surface area contributed by atoms with E-state index in [0.29, 0.717) is 0 Å². The van der Waals surface area contributed by atoms with Crippen molar-refractivity contribution in [3.63, 3.8) is 0 Å². The fourth-order valence-corrected chi connectivity index (χ4v) is 9.50. The Hall–Kier alpha value is -7.42. The van der Waals surface area contributed by atoms with E-state index in [0.717, 1.165) is 11.4 Å². The van der Waals surface area contributed by atoms with E-state index in [-0.39, 0.29) is 0 Å². The van der Waals surface area contributed by atoms with Crippen molar-refractivity contribution in [2.75, 3.05) is 0 Å². The van der Waals surface area contributed by atoms with Gasteiger partial charge in [0.1, 0.15) is 0 Å². The van der Waals surface area contributed by atoms with Gasteiger partial charge in [0, 0.05) is 32.9 Å². The molecule has 0 bridgehead atoms. The van der Waals surface area contributed by atoms with Crippen molar-refractivity contribution in [3.05, 3.63) is 206 Å². The second-order valence-electron chi connectivity index (χ2n) is 14.8. The fourth-order valence-electron chi connectivity index (χ4n) is 9.50. The summed E-state index contributed by atoms with van der Waals surface area (Å²) in [5.41, 5.74) is 19.6. The Labute approximate surface area is 324 Å². The van der Waals surface area contributed by atoms with Gasteiger partial charge in [-0.3, -0.25) is 0 Å². The van der Waals surface area contributed by atoms with Gasteiger partial charge in [0.15, 0.2) is 0 Å². The first-order chi connectivity index (χ1) is 27.8. The second kappa shape index (κ2) is 12.0. The molecule has 0 saturated carbocycles. The molecule has 0 saturated heterocycles. The van der Waals surface area contributed by atoms with Crippen LogP contribution in [-0.2, 0) is 0 Å². The molecule has 1 aliphatic carbocycles. The van der Waals surface area contributed by atoms with Crippen LogP contribution in [0.1, 0.15) is 0 Å². The Balaban J connectivity index is 1.12. The maximum absolute atomic E-state index is 2.48. The molecule has 2 nitrogen and oxygen atoms in total. The zero-order valence-electron chi connectivity index (χ0n) is 30.5. The van der Waals surface area contributed by atoms with Crippen molar-refractivity contribution < 1.29 is 0 Å². The van der Waals surface area contributed by atoms with Crippen LogP contribution in [-0.4, -0.2) is 9.13 Å². The Bertz CT molecular complexity index is 3340. The number of hydrogen-bond acceptors (Lipinski definition) is 0. The van der Waals surface area contributed by atoms with E-state index in [1.165, 1.54) is 99.2 Å². The maximum Gasteiger partial charge on any atom is 0.0548 e. The van der Waals surface area contributed by atoms with Gasteiger partial charge in [0.25, 0.3) is 0 Å². The zero-order valence-corrected chi connectivity index (χ0v) is 30.5. The van der Waals surface area contributed by atoms with E-state index < -0.39 is 0 Å². The highest BCUT2D eigenvalue weighted by Gasteiger charge is 2.24. The van der Waals surface area contributed by atoms with Crippen LogP contribution in [0.15, 0.2) is 206 Å². The third kappa shape index (κ3) is 4.44. The highest BCUT2D eigenvalue weighted by atomic mass is 15.0. The number of aromatic nitrogens is 2. The molecule has 2 heterocycles. The van der Waals surface area contributed by atoms with Crippen LogP contribution in [0.25, 0.3) is 111 Å². The molecule has 11 aromatic rings. The van der Waals surface area contributed by atoms with Crippen molar-refractivity contribution in [3.8, 4) is 67.0 Å². The molecule has 0 radical (unpaired) electrons. The van der Waals surface area contributed by atoms with Gasteiger partial charge in [0.2, 0.25) is 0 Å². The molecule has 260 valence electrons. The lowest BCUT2D eigenvalue weighted by Crippen LogP contribution is -2.00. The minimum atomic E-state index is 1.15. The molecule has 1 aliphatic rings. The van der Waals surface area contributed by atoms with Gasteiger partial charge in [0.05, 0.1) is 22.1 Å². The van der Waals surface area contributed by atoms with E-state index in [1.54, 1.807) is 0 Å². The van der Waals surface area contributed by atoms with Crippen molar-refractivity contribution in [1.82, 2.24) is 9.13 Å². The summed E-state index contributed by atoms with van der Waals surface area (Å²) in [6.07, 6.45) is 0. The molecular formula is C54H34N2. The number of benzene rings is 9. The molecule has 0 unspecified atom stereocenters. The van der Waals surface area contributed by atoms with Gasteiger partial charge in [-0.05, 0) is 104 Å². The molecule has 0 amide bonds. The molecule has 0 fully saturated rings. The highest BCUT2D eigenvalue weighted by molar-refractivity contribution is 6.29. The van der Waals surface area contributed by atoms with E-state index in [4.69, 9.17) is 0 Å². The summed E-state index contributed by atoms with van der Waals surface area (Å²) >= 11 is 0. The standard InChI is InChI=1S/C54H34N2/c1-2-14-35(15-3-1)36-26-28-37(29-27-36)55-49-24-12-10-22-46(49)53-51(55)32-33-52-54(53)47-23-11-13-25-50(47)56(52)38-30-31-45-43-20-7-6-18-41(43)39-16-4-5-17-40(39)42-19-8-9-21-44(42)48(45)34-38/h1-34H. The van der Waals surface area contributed by atoms with Crippen LogP contribution < -0.4 is 0 Å². The van der Waals surface area contributed by atoms with Crippen molar-refractivity contribution >= 4 is 43.6 Å². The number of fused-ring (bicyclic) bond motifs is 15. The summed E-state index contributed by atoms with van der Waals surface area (Å²) in [5.74, 6) is 0. The number of rotatable bonds is 3. The third-order valence-electron chi connectivity index (χ3n) is 11.9. The van der Waals surface area contributed by atoms with Crippen LogP contribution in [0.5, 0.6) is 0 Å². The van der Waals surface area contributed by atoms with Gasteiger partial charge >= 0.3 is 0 Å². The van der Waals surface area contributed by atoms with Gasteiger partial charge in [-0.15, -0.1) is 0 Å². The predicted molar refractivity (Wildman–Crippen MR) is 236 cm³/mol. The molecule has 0 N–H and O–H groups in total. The van der Waals surface area contributed by atoms with Crippen LogP contribution in [0.3, 0.4) is 0 Å². The molecule has 0 aliphatic heterocycles. The second-order valence-corrected chi connectivity index (χ2v) is 14.8. The van der Waals surface area contributed by atoms with Crippen LogP contribution in [0, 0.1) is 0 Å². The first-order valence-electron chi connectivity index (χ1n) is 19.4. The summed E-state index contributed by atoms with van der Waals surface area (Å²) < 4.78 is 4.91. The van der Waals surface area contributed by atoms with Gasteiger partial charge in [-0.2, -0.15) is 0 Å². The van der Waals surface area contributed by atoms with Crippen LogP contribution >= 0.6 is 0 Å². The summed E-state index contributed by atoms with van der Waals surface area (Å²) in [5, 5.41) is 5.06. The molecule has 56 heavy (non-hydrogen) atoms.